The molecule has 0 aliphatic heterocycles. The van der Waals surface area contributed by atoms with Crippen LogP contribution in [-0.4, -0.2) is 20.1 Å². The fourth-order valence-corrected chi connectivity index (χ4v) is 2.04. The van der Waals surface area contributed by atoms with Gasteiger partial charge in [-0.2, -0.15) is 26.3 Å². The highest BCUT2D eigenvalue weighted by atomic mass is 32.2. The zero-order valence-corrected chi connectivity index (χ0v) is 9.33. The van der Waals surface area contributed by atoms with Gasteiger partial charge in [-0.25, -0.2) is 8.42 Å². The molecule has 0 radical (unpaired) electrons. The molecular weight excluding hydrogens is 286 g/mol. The van der Waals surface area contributed by atoms with Crippen molar-refractivity contribution in [2.24, 2.45) is 0 Å². The molecule has 0 unspecified atom stereocenters. The van der Waals surface area contributed by atoms with Crippen LogP contribution in [0.25, 0.3) is 0 Å². The number of rotatable bonds is 2. The second-order valence-electron chi connectivity index (χ2n) is 3.33. The fourth-order valence-electron chi connectivity index (χ4n) is 1.18. The number of halogens is 6. The predicted molar refractivity (Wildman–Crippen MR) is 51.0 cm³/mol. The van der Waals surface area contributed by atoms with Crippen LogP contribution in [0.1, 0.15) is 6.42 Å². The first-order valence-corrected chi connectivity index (χ1v) is 5.90. The Bertz CT molecular complexity index is 518. The minimum atomic E-state index is -6.42. The van der Waals surface area contributed by atoms with Gasteiger partial charge in [-0.3, -0.25) is 0 Å². The van der Waals surface area contributed by atoms with E-state index < -0.39 is 26.4 Å². The SMILES string of the molecule is O=S(=O)(/C(=C\C1=CC=CC1)C(F)(F)F)C(F)(F)F. The molecule has 9 heteroatoms. The molecule has 0 saturated heterocycles. The molecule has 0 saturated carbocycles. The summed E-state index contributed by atoms with van der Waals surface area (Å²) in [6, 6.07) is 0. The van der Waals surface area contributed by atoms with Crippen molar-refractivity contribution < 1.29 is 34.8 Å². The molecule has 0 N–H and O–H groups in total. The highest BCUT2D eigenvalue weighted by Gasteiger charge is 2.56. The van der Waals surface area contributed by atoms with E-state index in [0.717, 1.165) is 6.08 Å². The first-order chi connectivity index (χ1) is 7.96. The van der Waals surface area contributed by atoms with Crippen LogP contribution in [0, 0.1) is 0 Å². The minimum absolute atomic E-state index is 0.00280. The molecule has 0 spiro atoms. The lowest BCUT2D eigenvalue weighted by Crippen LogP contribution is -2.31. The summed E-state index contributed by atoms with van der Waals surface area (Å²) in [5.41, 5.74) is -6.14. The Kier molecular flexibility index (Phi) is 3.66. The molecule has 0 fully saturated rings. The van der Waals surface area contributed by atoms with E-state index in [4.69, 9.17) is 0 Å². The van der Waals surface area contributed by atoms with E-state index >= 15 is 0 Å². The molecule has 0 amide bonds. The second-order valence-corrected chi connectivity index (χ2v) is 5.24. The standard InChI is InChI=1S/C9H6F6O2S/c10-8(11,12)7(5-6-3-1-2-4-6)18(16,17)9(13,14)15/h1-3,5H,4H2/b7-5-. The number of hydrogen-bond acceptors (Lipinski definition) is 2. The topological polar surface area (TPSA) is 34.1 Å². The van der Waals surface area contributed by atoms with Crippen LogP contribution >= 0.6 is 0 Å². The van der Waals surface area contributed by atoms with Crippen LogP contribution in [-0.2, 0) is 9.84 Å². The summed E-state index contributed by atoms with van der Waals surface area (Å²) in [7, 11) is -6.42. The van der Waals surface area contributed by atoms with Gasteiger partial charge < -0.3 is 0 Å². The highest BCUT2D eigenvalue weighted by molar-refractivity contribution is 7.96. The first kappa shape index (κ1) is 14.8. The van der Waals surface area contributed by atoms with Crippen molar-refractivity contribution in [3.05, 3.63) is 34.8 Å². The Morgan fingerprint density at radius 2 is 1.72 bits per heavy atom. The molecule has 0 bridgehead atoms. The Labute approximate surface area is 98.2 Å². The van der Waals surface area contributed by atoms with Crippen LogP contribution in [0.3, 0.4) is 0 Å². The van der Waals surface area contributed by atoms with Gasteiger partial charge in [-0.05, 0) is 18.1 Å². The van der Waals surface area contributed by atoms with E-state index in [9.17, 15) is 34.8 Å². The summed E-state index contributed by atoms with van der Waals surface area (Å²) in [6.07, 6.45) is -1.83. The molecule has 1 aliphatic carbocycles. The summed E-state index contributed by atoms with van der Waals surface area (Å²) >= 11 is 0. The maximum atomic E-state index is 12.4. The Morgan fingerprint density at radius 1 is 1.17 bits per heavy atom. The molecule has 1 aliphatic rings. The summed E-state index contributed by atoms with van der Waals surface area (Å²) in [4.78, 5) is -2.60. The van der Waals surface area contributed by atoms with E-state index in [1.54, 1.807) is 0 Å². The van der Waals surface area contributed by atoms with Gasteiger partial charge in [0.25, 0.3) is 9.84 Å². The smallest absolute Gasteiger partial charge is 0.214 e. The van der Waals surface area contributed by atoms with Crippen LogP contribution in [0.5, 0.6) is 0 Å². The van der Waals surface area contributed by atoms with E-state index in [0.29, 0.717) is 0 Å². The van der Waals surface area contributed by atoms with Crippen LogP contribution in [0.2, 0.25) is 0 Å². The molecule has 0 aromatic heterocycles. The fraction of sp³-hybridized carbons (Fsp3) is 0.333. The van der Waals surface area contributed by atoms with E-state index in [1.807, 2.05) is 0 Å². The maximum absolute atomic E-state index is 12.4. The summed E-state index contributed by atoms with van der Waals surface area (Å²) in [6.45, 7) is 0. The highest BCUT2D eigenvalue weighted by Crippen LogP contribution is 2.39. The van der Waals surface area contributed by atoms with Crippen molar-refractivity contribution >= 4 is 9.84 Å². The molecular formula is C9H6F6O2S. The zero-order valence-electron chi connectivity index (χ0n) is 8.51. The number of allylic oxidation sites excluding steroid dienone is 6. The van der Waals surface area contributed by atoms with E-state index in [2.05, 4.69) is 0 Å². The molecule has 0 aromatic rings. The molecule has 1 rings (SSSR count). The Balaban J connectivity index is 3.33. The lowest BCUT2D eigenvalue weighted by molar-refractivity contribution is -0.0894. The van der Waals surface area contributed by atoms with Crippen molar-refractivity contribution in [1.82, 2.24) is 0 Å². The van der Waals surface area contributed by atoms with Crippen molar-refractivity contribution in [2.75, 3.05) is 0 Å². The van der Waals surface area contributed by atoms with E-state index in [1.165, 1.54) is 12.2 Å². The van der Waals surface area contributed by atoms with Gasteiger partial charge in [-0.15, -0.1) is 0 Å². The van der Waals surface area contributed by atoms with Crippen LogP contribution in [0.15, 0.2) is 34.8 Å². The molecule has 0 aromatic carbocycles. The van der Waals surface area contributed by atoms with Gasteiger partial charge >= 0.3 is 11.7 Å². The second kappa shape index (κ2) is 4.45. The first-order valence-electron chi connectivity index (χ1n) is 4.42. The molecule has 0 atom stereocenters. The average molecular weight is 292 g/mol. The molecule has 0 heterocycles. The Morgan fingerprint density at radius 3 is 2.06 bits per heavy atom. The van der Waals surface area contributed by atoms with E-state index in [-0.39, 0.29) is 18.1 Å². The third-order valence-corrected chi connectivity index (χ3v) is 3.53. The predicted octanol–water partition coefficient (Wildman–Crippen LogP) is 3.25. The lowest BCUT2D eigenvalue weighted by atomic mass is 10.2. The third-order valence-electron chi connectivity index (χ3n) is 1.99. The van der Waals surface area contributed by atoms with Crippen LogP contribution < -0.4 is 0 Å². The van der Waals surface area contributed by atoms with Gasteiger partial charge in [-0.1, -0.05) is 18.2 Å². The minimum Gasteiger partial charge on any atom is -0.214 e. The van der Waals surface area contributed by atoms with Gasteiger partial charge in [0, 0.05) is 0 Å². The monoisotopic (exact) mass is 292 g/mol. The molecule has 2 nitrogen and oxygen atoms in total. The number of sulfone groups is 1. The zero-order chi connectivity index (χ0) is 14.2. The largest absolute Gasteiger partial charge is 0.501 e. The van der Waals surface area contributed by atoms with Crippen molar-refractivity contribution in [3.8, 4) is 0 Å². The maximum Gasteiger partial charge on any atom is 0.501 e. The summed E-state index contributed by atoms with van der Waals surface area (Å²) in [5, 5.41) is 0. The lowest BCUT2D eigenvalue weighted by Gasteiger charge is -2.14. The molecule has 102 valence electrons. The number of hydrogen-bond donors (Lipinski definition) is 0. The van der Waals surface area contributed by atoms with Gasteiger partial charge in [0.05, 0.1) is 0 Å². The van der Waals surface area contributed by atoms with Gasteiger partial charge in [0.15, 0.2) is 4.91 Å². The normalized spacial score (nSPS) is 18.1. The Hall–Kier alpha value is -1.25. The van der Waals surface area contributed by atoms with Crippen LogP contribution in [0.4, 0.5) is 26.3 Å². The third kappa shape index (κ3) is 2.95. The summed E-state index contributed by atoms with van der Waals surface area (Å²) < 4.78 is 95.2. The van der Waals surface area contributed by atoms with Gasteiger partial charge in [0.2, 0.25) is 0 Å². The summed E-state index contributed by atoms with van der Waals surface area (Å²) in [5.74, 6) is 0. The quantitative estimate of drug-likeness (QED) is 0.732. The van der Waals surface area contributed by atoms with Crippen molar-refractivity contribution in [2.45, 2.75) is 18.1 Å². The van der Waals surface area contributed by atoms with Crippen molar-refractivity contribution in [3.63, 3.8) is 0 Å². The average Bonchev–Trinajstić information content (AvgIpc) is 2.62. The van der Waals surface area contributed by atoms with Crippen molar-refractivity contribution in [1.29, 1.82) is 0 Å². The number of alkyl halides is 6. The van der Waals surface area contributed by atoms with Gasteiger partial charge in [0.1, 0.15) is 0 Å². The molecule has 18 heavy (non-hydrogen) atoms.